The number of aromatic nitrogens is 2. The summed E-state index contributed by atoms with van der Waals surface area (Å²) in [7, 11) is 3.34. The van der Waals surface area contributed by atoms with E-state index in [1.807, 2.05) is 19.9 Å². The van der Waals surface area contributed by atoms with Crippen LogP contribution >= 0.6 is 0 Å². The predicted molar refractivity (Wildman–Crippen MR) is 86.2 cm³/mol. The maximum atomic E-state index is 5.57. The molecular weight excluding hydrogens is 252 g/mol. The van der Waals surface area contributed by atoms with Crippen LogP contribution in [0.5, 0.6) is 0 Å². The van der Waals surface area contributed by atoms with Gasteiger partial charge in [-0.25, -0.2) is 9.97 Å². The van der Waals surface area contributed by atoms with E-state index in [1.165, 1.54) is 6.33 Å². The van der Waals surface area contributed by atoms with Crippen molar-refractivity contribution in [2.24, 2.45) is 15.7 Å². The van der Waals surface area contributed by atoms with Crippen molar-refractivity contribution >= 4 is 17.9 Å². The highest BCUT2D eigenvalue weighted by atomic mass is 14.9. The van der Waals surface area contributed by atoms with Gasteiger partial charge in [0.15, 0.2) is 0 Å². The average molecular weight is 274 g/mol. The molecule has 0 fully saturated rings. The first-order valence-electron chi connectivity index (χ1n) is 5.97. The van der Waals surface area contributed by atoms with Gasteiger partial charge in [0.05, 0.1) is 11.3 Å². The Bertz CT molecular complexity index is 508. The van der Waals surface area contributed by atoms with Crippen molar-refractivity contribution in [2.75, 3.05) is 19.8 Å². The van der Waals surface area contributed by atoms with Crippen molar-refractivity contribution < 1.29 is 0 Å². The monoisotopic (exact) mass is 274 g/mol. The molecule has 0 atom stereocenters. The fourth-order valence-electron chi connectivity index (χ4n) is 1.09. The SMILES string of the molecule is C=C(C)/C=C\C(N)=NC.CN=Cc1c(C)ncnc1N. The Kier molecular flexibility index (Phi) is 8.25. The van der Waals surface area contributed by atoms with Crippen LogP contribution in [-0.2, 0) is 0 Å². The lowest BCUT2D eigenvalue weighted by Gasteiger charge is -1.99. The summed E-state index contributed by atoms with van der Waals surface area (Å²) in [5.74, 6) is 1.00. The quantitative estimate of drug-likeness (QED) is 0.495. The van der Waals surface area contributed by atoms with Crippen molar-refractivity contribution in [1.82, 2.24) is 9.97 Å². The Balaban J connectivity index is 0.000000370. The summed E-state index contributed by atoms with van der Waals surface area (Å²) >= 11 is 0. The van der Waals surface area contributed by atoms with Crippen molar-refractivity contribution in [3.63, 3.8) is 0 Å². The molecule has 1 aromatic heterocycles. The molecule has 0 aliphatic carbocycles. The van der Waals surface area contributed by atoms with Crippen LogP contribution < -0.4 is 11.5 Å². The summed E-state index contributed by atoms with van der Waals surface area (Å²) in [5.41, 5.74) is 13.5. The van der Waals surface area contributed by atoms with E-state index < -0.39 is 0 Å². The molecule has 108 valence electrons. The molecule has 0 unspecified atom stereocenters. The number of rotatable bonds is 3. The number of anilines is 1. The Morgan fingerprint density at radius 3 is 2.40 bits per heavy atom. The lowest BCUT2D eigenvalue weighted by Crippen LogP contribution is -2.06. The van der Waals surface area contributed by atoms with E-state index in [2.05, 4.69) is 26.5 Å². The van der Waals surface area contributed by atoms with Crippen molar-refractivity contribution in [3.05, 3.63) is 41.9 Å². The van der Waals surface area contributed by atoms with Gasteiger partial charge in [-0.1, -0.05) is 18.2 Å². The Morgan fingerprint density at radius 1 is 1.30 bits per heavy atom. The largest absolute Gasteiger partial charge is 0.384 e. The summed E-state index contributed by atoms with van der Waals surface area (Å²) in [5, 5.41) is 0. The zero-order valence-corrected chi connectivity index (χ0v) is 12.5. The number of hydrogen-bond donors (Lipinski definition) is 2. The molecule has 1 heterocycles. The number of aliphatic imine (C=N–C) groups is 2. The highest BCUT2D eigenvalue weighted by molar-refractivity contribution is 5.91. The van der Waals surface area contributed by atoms with Gasteiger partial charge in [0.1, 0.15) is 18.0 Å². The molecule has 6 nitrogen and oxygen atoms in total. The molecule has 6 heteroatoms. The number of amidine groups is 1. The lowest BCUT2D eigenvalue weighted by molar-refractivity contribution is 1.10. The zero-order chi connectivity index (χ0) is 15.5. The summed E-state index contributed by atoms with van der Waals surface area (Å²) in [6.45, 7) is 7.44. The first-order chi connectivity index (χ1) is 9.42. The highest BCUT2D eigenvalue weighted by Gasteiger charge is 2.00. The molecule has 0 saturated heterocycles. The average Bonchev–Trinajstić information content (AvgIpc) is 2.41. The molecule has 0 saturated carbocycles. The van der Waals surface area contributed by atoms with E-state index in [9.17, 15) is 0 Å². The molecule has 0 amide bonds. The van der Waals surface area contributed by atoms with E-state index in [0.717, 1.165) is 16.8 Å². The van der Waals surface area contributed by atoms with E-state index in [-0.39, 0.29) is 0 Å². The van der Waals surface area contributed by atoms with Gasteiger partial charge in [-0.05, 0) is 19.9 Å². The van der Waals surface area contributed by atoms with Crippen molar-refractivity contribution in [3.8, 4) is 0 Å². The van der Waals surface area contributed by atoms with Crippen molar-refractivity contribution in [1.29, 1.82) is 0 Å². The second kappa shape index (κ2) is 9.43. The second-order valence-corrected chi connectivity index (χ2v) is 3.97. The van der Waals surface area contributed by atoms with Gasteiger partial charge in [-0.3, -0.25) is 9.98 Å². The van der Waals surface area contributed by atoms with Crippen LogP contribution in [0.4, 0.5) is 5.82 Å². The molecule has 1 aromatic rings. The van der Waals surface area contributed by atoms with Gasteiger partial charge in [0.25, 0.3) is 0 Å². The number of nitrogen functional groups attached to an aromatic ring is 1. The highest BCUT2D eigenvalue weighted by Crippen LogP contribution is 2.06. The van der Waals surface area contributed by atoms with Crippen LogP contribution in [0.3, 0.4) is 0 Å². The number of aryl methyl sites for hydroxylation is 1. The van der Waals surface area contributed by atoms with Crippen molar-refractivity contribution in [2.45, 2.75) is 13.8 Å². The normalized spacial score (nSPS) is 11.5. The van der Waals surface area contributed by atoms with Crippen LogP contribution in [0, 0.1) is 6.92 Å². The Labute approximate surface area is 120 Å². The summed E-state index contributed by atoms with van der Waals surface area (Å²) in [6, 6.07) is 0. The van der Waals surface area contributed by atoms with Gasteiger partial charge in [0, 0.05) is 20.3 Å². The van der Waals surface area contributed by atoms with E-state index in [4.69, 9.17) is 11.5 Å². The van der Waals surface area contributed by atoms with E-state index in [1.54, 1.807) is 26.4 Å². The topological polar surface area (TPSA) is 103 Å². The molecule has 0 radical (unpaired) electrons. The lowest BCUT2D eigenvalue weighted by atomic mass is 10.2. The smallest absolute Gasteiger partial charge is 0.135 e. The van der Waals surface area contributed by atoms with Crippen LogP contribution in [-0.4, -0.2) is 36.1 Å². The summed E-state index contributed by atoms with van der Waals surface area (Å²) < 4.78 is 0. The van der Waals surface area contributed by atoms with Gasteiger partial charge < -0.3 is 11.5 Å². The maximum absolute atomic E-state index is 5.57. The number of allylic oxidation sites excluding steroid dienone is 2. The van der Waals surface area contributed by atoms with Gasteiger partial charge >= 0.3 is 0 Å². The standard InChI is InChI=1S/C7H10N4.C7H12N2/c1-5-6(3-9-2)7(8)11-4-10-5;1-6(2)4-5-7(8)9-3/h3-4H,1-2H3,(H2,8,10,11);4-5H,1H2,2-3H3,(H2,8,9)/b;5-4-. The minimum absolute atomic E-state index is 0.475. The van der Waals surface area contributed by atoms with E-state index in [0.29, 0.717) is 11.7 Å². The third kappa shape index (κ3) is 7.05. The summed E-state index contributed by atoms with van der Waals surface area (Å²) in [6.07, 6.45) is 6.65. The molecule has 20 heavy (non-hydrogen) atoms. The van der Waals surface area contributed by atoms with Crippen LogP contribution in [0.25, 0.3) is 0 Å². The van der Waals surface area contributed by atoms with Gasteiger partial charge in [0.2, 0.25) is 0 Å². The van der Waals surface area contributed by atoms with Crippen LogP contribution in [0.2, 0.25) is 0 Å². The van der Waals surface area contributed by atoms with Gasteiger partial charge in [-0.2, -0.15) is 0 Å². The molecule has 0 aromatic carbocycles. The molecule has 0 bridgehead atoms. The Morgan fingerprint density at radius 2 is 1.95 bits per heavy atom. The fraction of sp³-hybridized carbons (Fsp3) is 0.286. The molecule has 1 rings (SSSR count). The predicted octanol–water partition coefficient (Wildman–Crippen LogP) is 1.52. The Hall–Kier alpha value is -2.50. The van der Waals surface area contributed by atoms with E-state index >= 15 is 0 Å². The molecule has 0 spiro atoms. The second-order valence-electron chi connectivity index (χ2n) is 3.97. The molecule has 0 aliphatic heterocycles. The first-order valence-corrected chi connectivity index (χ1v) is 5.97. The van der Waals surface area contributed by atoms with Crippen LogP contribution in [0.15, 0.2) is 40.6 Å². The number of nitrogens with zero attached hydrogens (tertiary/aromatic N) is 4. The minimum Gasteiger partial charge on any atom is -0.384 e. The first kappa shape index (κ1) is 17.5. The molecular formula is C14H22N6. The third-order valence-electron chi connectivity index (χ3n) is 2.17. The number of hydrogen-bond acceptors (Lipinski definition) is 5. The third-order valence-corrected chi connectivity index (χ3v) is 2.17. The molecule has 0 aliphatic rings. The maximum Gasteiger partial charge on any atom is 0.135 e. The minimum atomic E-state index is 0.475. The fourth-order valence-corrected chi connectivity index (χ4v) is 1.09. The van der Waals surface area contributed by atoms with Gasteiger partial charge in [-0.15, -0.1) is 0 Å². The summed E-state index contributed by atoms with van der Waals surface area (Å²) in [4.78, 5) is 15.4. The van der Waals surface area contributed by atoms with Crippen LogP contribution in [0.1, 0.15) is 18.2 Å². The number of nitrogens with two attached hydrogens (primary N) is 2. The zero-order valence-electron chi connectivity index (χ0n) is 12.5. The molecule has 4 N–H and O–H groups in total.